The van der Waals surface area contributed by atoms with E-state index >= 15 is 0 Å². The lowest BCUT2D eigenvalue weighted by molar-refractivity contribution is 0.110. The molecule has 13 heavy (non-hydrogen) atoms. The second-order valence-electron chi connectivity index (χ2n) is 2.25. The van der Waals surface area contributed by atoms with Crippen molar-refractivity contribution in [1.82, 2.24) is 0 Å². The first-order valence-electron chi connectivity index (χ1n) is 3.29. The fraction of sp³-hybridized carbons (Fsp3) is 0.125. The average Bonchev–Trinajstić information content (AvgIpc) is 2.03. The molecule has 0 aliphatic carbocycles. The third kappa shape index (κ3) is 2.66. The molecule has 0 unspecified atom stereocenters. The molecule has 0 fully saturated rings. The lowest BCUT2D eigenvalue weighted by Gasteiger charge is -2.06. The molecule has 0 amide bonds. The van der Waals surface area contributed by atoms with Crippen LogP contribution in [0, 0.1) is 0 Å². The van der Waals surface area contributed by atoms with Crippen LogP contribution in [-0.4, -0.2) is 10.9 Å². The Morgan fingerprint density at radius 2 is 1.85 bits per heavy atom. The molecular weight excluding hydrogens is 415 g/mol. The number of methoxy groups -OCH3 is 1. The molecule has 0 bridgehead atoms. The summed E-state index contributed by atoms with van der Waals surface area (Å²) >= 11 is 8.38. The fourth-order valence-electron chi connectivity index (χ4n) is 0.868. The second kappa shape index (κ2) is 4.75. The van der Waals surface area contributed by atoms with E-state index in [0.717, 1.165) is 8.95 Å². The second-order valence-corrected chi connectivity index (χ2v) is 4.94. The van der Waals surface area contributed by atoms with Crippen LogP contribution in [0.2, 0.25) is 0 Å². The summed E-state index contributed by atoms with van der Waals surface area (Å²) in [4.78, 5) is 11.1. The molecule has 0 aromatic heterocycles. The van der Waals surface area contributed by atoms with Crippen molar-refractivity contribution in [3.8, 4) is 5.75 Å². The van der Waals surface area contributed by atoms with Gasteiger partial charge in [-0.2, -0.15) is 0 Å². The summed E-state index contributed by atoms with van der Waals surface area (Å²) in [5, 5.41) is 0. The van der Waals surface area contributed by atoms with Gasteiger partial charge in [-0.05, 0) is 44.0 Å². The van der Waals surface area contributed by atoms with Gasteiger partial charge < -0.3 is 4.74 Å². The molecule has 70 valence electrons. The summed E-state index contributed by atoms with van der Waals surface area (Å²) in [5.41, 5.74) is 0.639. The van der Waals surface area contributed by atoms with Crippen molar-refractivity contribution in [2.75, 3.05) is 7.11 Å². The number of hydrogen-bond donors (Lipinski definition) is 0. The van der Waals surface area contributed by atoms with Gasteiger partial charge in [0, 0.05) is 28.2 Å². The quantitative estimate of drug-likeness (QED) is 0.538. The van der Waals surface area contributed by atoms with Crippen molar-refractivity contribution in [3.63, 3.8) is 0 Å². The summed E-state index contributed by atoms with van der Waals surface area (Å²) in [5.74, 6) is 0.696. The van der Waals surface area contributed by atoms with E-state index in [1.54, 1.807) is 41.8 Å². The highest BCUT2D eigenvalue weighted by Crippen LogP contribution is 2.34. The van der Waals surface area contributed by atoms with E-state index in [4.69, 9.17) is 4.74 Å². The summed E-state index contributed by atoms with van der Waals surface area (Å²) < 4.78 is 6.64. The van der Waals surface area contributed by atoms with Gasteiger partial charge in [0.05, 0.1) is 16.1 Å². The average molecular weight is 420 g/mol. The minimum Gasteiger partial charge on any atom is -0.494 e. The summed E-state index contributed by atoms with van der Waals surface area (Å²) in [6.45, 7) is 0. The van der Waals surface area contributed by atoms with E-state index in [2.05, 4.69) is 31.9 Å². The predicted octanol–water partition coefficient (Wildman–Crippen LogP) is 3.80. The number of rotatable bonds is 2. The summed E-state index contributed by atoms with van der Waals surface area (Å²) in [6, 6.07) is 3.47. The Morgan fingerprint density at radius 1 is 1.38 bits per heavy atom. The zero-order valence-corrected chi connectivity index (χ0v) is 11.9. The Bertz CT molecular complexity index is 329. The van der Waals surface area contributed by atoms with E-state index in [1.165, 1.54) is 0 Å². The first kappa shape index (κ1) is 11.5. The number of halogens is 3. The largest absolute Gasteiger partial charge is 0.494 e. The first-order valence-corrected chi connectivity index (χ1v) is 5.95. The highest BCUT2D eigenvalue weighted by molar-refractivity contribution is 14.1. The molecular formula is C8H5Br2IO2. The monoisotopic (exact) mass is 418 g/mol. The Balaban J connectivity index is 3.28. The van der Waals surface area contributed by atoms with E-state index in [-0.39, 0.29) is 3.79 Å². The molecule has 5 heteroatoms. The summed E-state index contributed by atoms with van der Waals surface area (Å²) in [6.07, 6.45) is 0. The molecule has 2 nitrogen and oxygen atoms in total. The van der Waals surface area contributed by atoms with Crippen LogP contribution in [0.5, 0.6) is 5.75 Å². The molecule has 1 rings (SSSR count). The van der Waals surface area contributed by atoms with Gasteiger partial charge >= 0.3 is 0 Å². The number of carbonyl (C=O) groups excluding carboxylic acids is 1. The molecule has 0 radical (unpaired) electrons. The van der Waals surface area contributed by atoms with Crippen LogP contribution in [-0.2, 0) is 0 Å². The zero-order chi connectivity index (χ0) is 10.0. The first-order chi connectivity index (χ1) is 6.06. The van der Waals surface area contributed by atoms with E-state index < -0.39 is 0 Å². The topological polar surface area (TPSA) is 26.3 Å². The van der Waals surface area contributed by atoms with Gasteiger partial charge in [0.25, 0.3) is 0 Å². The molecule has 0 saturated heterocycles. The molecule has 0 aliphatic rings. The van der Waals surface area contributed by atoms with Crippen molar-refractivity contribution in [3.05, 3.63) is 26.6 Å². The minimum atomic E-state index is 0.00153. The highest BCUT2D eigenvalue weighted by atomic mass is 127. The maximum Gasteiger partial charge on any atom is 0.222 e. The molecule has 0 saturated carbocycles. The summed E-state index contributed by atoms with van der Waals surface area (Å²) in [7, 11) is 1.58. The zero-order valence-electron chi connectivity index (χ0n) is 6.61. The van der Waals surface area contributed by atoms with Crippen LogP contribution in [0.4, 0.5) is 0 Å². The van der Waals surface area contributed by atoms with E-state index in [9.17, 15) is 4.79 Å². The van der Waals surface area contributed by atoms with Crippen LogP contribution < -0.4 is 4.74 Å². The predicted molar refractivity (Wildman–Crippen MR) is 66.7 cm³/mol. The van der Waals surface area contributed by atoms with Crippen LogP contribution in [0.3, 0.4) is 0 Å². The normalized spacial score (nSPS) is 9.85. The van der Waals surface area contributed by atoms with Crippen LogP contribution >= 0.6 is 54.5 Å². The molecule has 0 atom stereocenters. The van der Waals surface area contributed by atoms with Gasteiger partial charge in [0.15, 0.2) is 0 Å². The molecule has 0 N–H and O–H groups in total. The molecule has 1 aromatic rings. The van der Waals surface area contributed by atoms with Crippen molar-refractivity contribution >= 4 is 58.2 Å². The van der Waals surface area contributed by atoms with Crippen LogP contribution in [0.15, 0.2) is 21.1 Å². The number of carbonyl (C=O) groups is 1. The lowest BCUT2D eigenvalue weighted by atomic mass is 10.2. The van der Waals surface area contributed by atoms with Crippen LogP contribution in [0.25, 0.3) is 0 Å². The molecule has 0 aliphatic heterocycles. The van der Waals surface area contributed by atoms with Gasteiger partial charge in [-0.1, -0.05) is 0 Å². The SMILES string of the molecule is COc1c(Br)cc(C(=O)I)cc1Br. The van der Waals surface area contributed by atoms with Crippen LogP contribution in [0.1, 0.15) is 10.4 Å². The maximum atomic E-state index is 11.1. The standard InChI is InChI=1S/C8H5Br2IO2/c1-13-7-5(9)2-4(8(11)12)3-6(7)10/h2-3H,1H3. The van der Waals surface area contributed by atoms with Crippen molar-refractivity contribution < 1.29 is 9.53 Å². The number of benzene rings is 1. The van der Waals surface area contributed by atoms with Crippen molar-refractivity contribution in [1.29, 1.82) is 0 Å². The Kier molecular flexibility index (Phi) is 4.18. The van der Waals surface area contributed by atoms with Gasteiger partial charge in [-0.25, -0.2) is 0 Å². The third-order valence-corrected chi connectivity index (χ3v) is 3.23. The molecule has 0 heterocycles. The Morgan fingerprint density at radius 3 is 2.15 bits per heavy atom. The number of ether oxygens (including phenoxy) is 1. The Hall–Kier alpha value is 0.380. The number of hydrogen-bond acceptors (Lipinski definition) is 2. The lowest BCUT2D eigenvalue weighted by Crippen LogP contribution is -1.92. The molecule has 0 spiro atoms. The van der Waals surface area contributed by atoms with E-state index in [1.807, 2.05) is 0 Å². The van der Waals surface area contributed by atoms with Crippen molar-refractivity contribution in [2.45, 2.75) is 0 Å². The smallest absolute Gasteiger partial charge is 0.222 e. The highest BCUT2D eigenvalue weighted by Gasteiger charge is 2.10. The maximum absolute atomic E-state index is 11.1. The fourth-order valence-corrected chi connectivity index (χ4v) is 2.69. The van der Waals surface area contributed by atoms with E-state index in [0.29, 0.717) is 11.3 Å². The van der Waals surface area contributed by atoms with Gasteiger partial charge in [0.1, 0.15) is 5.75 Å². The Labute approximate surface area is 106 Å². The van der Waals surface area contributed by atoms with Gasteiger partial charge in [-0.15, -0.1) is 0 Å². The molecule has 1 aromatic carbocycles. The third-order valence-electron chi connectivity index (χ3n) is 1.43. The van der Waals surface area contributed by atoms with Gasteiger partial charge in [-0.3, -0.25) is 4.79 Å². The van der Waals surface area contributed by atoms with Crippen molar-refractivity contribution in [2.24, 2.45) is 0 Å². The van der Waals surface area contributed by atoms with Gasteiger partial charge in [0.2, 0.25) is 3.79 Å². The minimum absolute atomic E-state index is 0.00153.